The normalized spacial score (nSPS) is 11.0. The van der Waals surface area contributed by atoms with Gasteiger partial charge in [-0.05, 0) is 24.3 Å². The van der Waals surface area contributed by atoms with Crippen molar-refractivity contribution in [2.24, 2.45) is 0 Å². The highest BCUT2D eigenvalue weighted by Gasteiger charge is 2.18. The number of nitrogens with zero attached hydrogens (tertiary/aromatic N) is 1. The summed E-state index contributed by atoms with van der Waals surface area (Å²) < 4.78 is 28.1. The maximum absolute atomic E-state index is 12.2. The number of ether oxygens (including phenoxy) is 1. The summed E-state index contributed by atoms with van der Waals surface area (Å²) in [5.41, 5.74) is -0.0237. The number of halogens is 2. The maximum Gasteiger partial charge on any atom is 0.293 e. The third-order valence-electron chi connectivity index (χ3n) is 3.78. The van der Waals surface area contributed by atoms with E-state index in [1.54, 1.807) is 0 Å². The third kappa shape index (κ3) is 5.72. The lowest BCUT2D eigenvalue weighted by atomic mass is 10.2. The standard InChI is InChI=1S/C17H17Cl2N3O6S/c1-28-16-12(18)7-10(8-13(16)19)17(23)21-6-5-20-14-4-3-11(29(2,26)27)9-15(14)22(24)25/h3-4,7-9,20H,5-6H2,1-2H3,(H,21,23). The van der Waals surface area contributed by atoms with Gasteiger partial charge in [0.1, 0.15) is 5.69 Å². The summed E-state index contributed by atoms with van der Waals surface area (Å²) in [6.07, 6.45) is 0.965. The quantitative estimate of drug-likeness (QED) is 0.350. The van der Waals surface area contributed by atoms with Crippen LogP contribution in [-0.4, -0.2) is 45.7 Å². The molecular weight excluding hydrogens is 445 g/mol. The summed E-state index contributed by atoms with van der Waals surface area (Å²) in [6, 6.07) is 6.37. The van der Waals surface area contributed by atoms with Crippen LogP contribution in [0.3, 0.4) is 0 Å². The molecule has 9 nitrogen and oxygen atoms in total. The van der Waals surface area contributed by atoms with E-state index < -0.39 is 20.7 Å². The Labute approximate surface area is 177 Å². The van der Waals surface area contributed by atoms with Crippen molar-refractivity contribution >= 4 is 50.3 Å². The molecule has 0 aromatic heterocycles. The minimum absolute atomic E-state index is 0.130. The van der Waals surface area contributed by atoms with Gasteiger partial charge in [0.25, 0.3) is 11.6 Å². The Morgan fingerprint density at radius 3 is 2.31 bits per heavy atom. The Bertz CT molecular complexity index is 1040. The van der Waals surface area contributed by atoms with Gasteiger partial charge in [-0.25, -0.2) is 8.42 Å². The number of sulfone groups is 1. The van der Waals surface area contributed by atoms with Crippen molar-refractivity contribution in [3.05, 3.63) is 56.1 Å². The Kier molecular flexibility index (Phi) is 7.28. The molecule has 156 valence electrons. The van der Waals surface area contributed by atoms with Crippen molar-refractivity contribution in [2.45, 2.75) is 4.90 Å². The Morgan fingerprint density at radius 1 is 1.17 bits per heavy atom. The van der Waals surface area contributed by atoms with Crippen LogP contribution in [0.15, 0.2) is 35.2 Å². The number of carbonyl (C=O) groups excluding carboxylic acids is 1. The highest BCUT2D eigenvalue weighted by atomic mass is 35.5. The lowest BCUT2D eigenvalue weighted by Gasteiger charge is -2.11. The molecule has 0 radical (unpaired) electrons. The van der Waals surface area contributed by atoms with Crippen LogP contribution in [0, 0.1) is 10.1 Å². The van der Waals surface area contributed by atoms with E-state index in [4.69, 9.17) is 27.9 Å². The number of hydrogen-bond acceptors (Lipinski definition) is 7. The fourth-order valence-electron chi connectivity index (χ4n) is 2.40. The summed E-state index contributed by atoms with van der Waals surface area (Å²) in [5.74, 6) is -0.184. The topological polar surface area (TPSA) is 128 Å². The van der Waals surface area contributed by atoms with E-state index in [0.29, 0.717) is 0 Å². The fourth-order valence-corrected chi connectivity index (χ4v) is 3.69. The predicted octanol–water partition coefficient (Wildman–Crippen LogP) is 3.16. The smallest absolute Gasteiger partial charge is 0.293 e. The van der Waals surface area contributed by atoms with Crippen LogP contribution >= 0.6 is 23.2 Å². The number of amides is 1. The van der Waals surface area contributed by atoms with Crippen LogP contribution < -0.4 is 15.4 Å². The molecule has 2 aromatic carbocycles. The molecule has 0 atom stereocenters. The van der Waals surface area contributed by atoms with Crippen molar-refractivity contribution in [3.8, 4) is 5.75 Å². The Morgan fingerprint density at radius 2 is 1.79 bits per heavy atom. The van der Waals surface area contributed by atoms with E-state index in [1.807, 2.05) is 0 Å². The zero-order valence-corrected chi connectivity index (χ0v) is 17.7. The molecule has 1 amide bonds. The summed E-state index contributed by atoms with van der Waals surface area (Å²) in [4.78, 5) is 22.6. The molecule has 0 aliphatic rings. The average Bonchev–Trinajstić information content (AvgIpc) is 2.63. The first-order valence-corrected chi connectivity index (χ1v) is 10.7. The molecule has 0 aliphatic heterocycles. The average molecular weight is 462 g/mol. The minimum atomic E-state index is -3.57. The van der Waals surface area contributed by atoms with E-state index in [9.17, 15) is 23.3 Å². The highest BCUT2D eigenvalue weighted by molar-refractivity contribution is 7.90. The highest BCUT2D eigenvalue weighted by Crippen LogP contribution is 2.33. The zero-order chi connectivity index (χ0) is 21.8. The van der Waals surface area contributed by atoms with Gasteiger partial charge in [-0.3, -0.25) is 14.9 Å². The molecule has 0 spiro atoms. The fraction of sp³-hybridized carbons (Fsp3) is 0.235. The van der Waals surface area contributed by atoms with Gasteiger partial charge in [-0.1, -0.05) is 23.2 Å². The molecule has 0 saturated heterocycles. The summed E-state index contributed by atoms with van der Waals surface area (Å²) in [7, 11) is -2.17. The molecule has 12 heteroatoms. The van der Waals surface area contributed by atoms with Crippen LogP contribution in [-0.2, 0) is 9.84 Å². The van der Waals surface area contributed by atoms with Gasteiger partial charge >= 0.3 is 0 Å². The van der Waals surface area contributed by atoms with Crippen LogP contribution in [0.2, 0.25) is 10.0 Å². The number of hydrogen-bond donors (Lipinski definition) is 2. The molecule has 0 saturated carbocycles. The summed E-state index contributed by atoms with van der Waals surface area (Å²) in [5, 5.41) is 17.0. The number of nitrogens with one attached hydrogen (secondary N) is 2. The second kappa shape index (κ2) is 9.29. The molecule has 2 rings (SSSR count). The number of benzene rings is 2. The predicted molar refractivity (Wildman–Crippen MR) is 110 cm³/mol. The van der Waals surface area contributed by atoms with Gasteiger partial charge < -0.3 is 15.4 Å². The number of nitro groups is 1. The first-order chi connectivity index (χ1) is 13.5. The van der Waals surface area contributed by atoms with E-state index in [2.05, 4.69) is 10.6 Å². The van der Waals surface area contributed by atoms with Crippen LogP contribution in [0.4, 0.5) is 11.4 Å². The van der Waals surface area contributed by atoms with E-state index in [1.165, 1.54) is 31.4 Å². The molecule has 2 aromatic rings. The van der Waals surface area contributed by atoms with E-state index in [-0.39, 0.29) is 50.7 Å². The first-order valence-electron chi connectivity index (χ1n) is 8.08. The van der Waals surface area contributed by atoms with Crippen molar-refractivity contribution in [2.75, 3.05) is 31.8 Å². The van der Waals surface area contributed by atoms with E-state index >= 15 is 0 Å². The van der Waals surface area contributed by atoms with Gasteiger partial charge in [0, 0.05) is 31.0 Å². The molecular formula is C17H17Cl2N3O6S. The molecule has 0 aliphatic carbocycles. The molecule has 0 fully saturated rings. The lowest BCUT2D eigenvalue weighted by Crippen LogP contribution is -2.28. The monoisotopic (exact) mass is 461 g/mol. The maximum atomic E-state index is 12.2. The van der Waals surface area contributed by atoms with Crippen molar-refractivity contribution in [1.82, 2.24) is 5.32 Å². The van der Waals surface area contributed by atoms with Crippen molar-refractivity contribution < 1.29 is 22.9 Å². The lowest BCUT2D eigenvalue weighted by molar-refractivity contribution is -0.384. The second-order valence-corrected chi connectivity index (χ2v) is 8.69. The molecule has 2 N–H and O–H groups in total. The number of anilines is 1. The largest absolute Gasteiger partial charge is 0.494 e. The molecule has 0 unspecified atom stereocenters. The van der Waals surface area contributed by atoms with Crippen LogP contribution in [0.5, 0.6) is 5.75 Å². The Hall–Kier alpha value is -2.56. The zero-order valence-electron chi connectivity index (χ0n) is 15.4. The van der Waals surface area contributed by atoms with Gasteiger partial charge in [0.05, 0.1) is 27.0 Å². The summed E-state index contributed by atoms with van der Waals surface area (Å²) >= 11 is 12.0. The van der Waals surface area contributed by atoms with E-state index in [0.717, 1.165) is 12.3 Å². The Balaban J connectivity index is 2.02. The molecule has 0 bridgehead atoms. The van der Waals surface area contributed by atoms with Crippen LogP contribution in [0.25, 0.3) is 0 Å². The van der Waals surface area contributed by atoms with Crippen LogP contribution in [0.1, 0.15) is 10.4 Å². The van der Waals surface area contributed by atoms with Gasteiger partial charge in [0.15, 0.2) is 15.6 Å². The number of nitro benzene ring substituents is 1. The number of rotatable bonds is 8. The number of methoxy groups -OCH3 is 1. The number of carbonyl (C=O) groups is 1. The molecule has 0 heterocycles. The van der Waals surface area contributed by atoms with Crippen molar-refractivity contribution in [1.29, 1.82) is 0 Å². The second-order valence-electron chi connectivity index (χ2n) is 5.86. The third-order valence-corrected chi connectivity index (χ3v) is 5.46. The molecule has 29 heavy (non-hydrogen) atoms. The summed E-state index contributed by atoms with van der Waals surface area (Å²) in [6.45, 7) is 0.285. The van der Waals surface area contributed by atoms with Gasteiger partial charge in [-0.15, -0.1) is 0 Å². The van der Waals surface area contributed by atoms with Gasteiger partial charge in [-0.2, -0.15) is 0 Å². The first kappa shape index (κ1) is 22.7. The minimum Gasteiger partial charge on any atom is -0.494 e. The van der Waals surface area contributed by atoms with Crippen molar-refractivity contribution in [3.63, 3.8) is 0 Å². The van der Waals surface area contributed by atoms with Gasteiger partial charge in [0.2, 0.25) is 0 Å². The SMILES string of the molecule is COc1c(Cl)cc(C(=O)NCCNc2ccc(S(C)(=O)=O)cc2[N+](=O)[O-])cc1Cl.